The number of alkyl halides is 3. The third kappa shape index (κ3) is 5.93. The number of carbonyl (C=O) groups excluding carboxylic acids is 1. The third-order valence-corrected chi connectivity index (χ3v) is 3.93. The summed E-state index contributed by atoms with van der Waals surface area (Å²) in [6.07, 6.45) is -1.40. The number of hydrogen-bond acceptors (Lipinski definition) is 2. The van der Waals surface area contributed by atoms with Gasteiger partial charge in [0.1, 0.15) is 6.54 Å². The van der Waals surface area contributed by atoms with Gasteiger partial charge in [-0.25, -0.2) is 0 Å². The van der Waals surface area contributed by atoms with E-state index in [4.69, 9.17) is 5.11 Å². The molecular weight excluding hydrogens is 287 g/mol. The maximum Gasteiger partial charge on any atom is 0.406 e. The van der Waals surface area contributed by atoms with Gasteiger partial charge in [-0.15, -0.1) is 0 Å². The number of carbonyl (C=O) groups is 2. The maximum atomic E-state index is 12.5. The second kappa shape index (κ2) is 7.13. The number of carboxylic acid groups (broad SMARTS) is 1. The number of amides is 1. The minimum absolute atomic E-state index is 0.0431. The summed E-state index contributed by atoms with van der Waals surface area (Å²) in [6, 6.07) is 0. The van der Waals surface area contributed by atoms with Crippen LogP contribution in [-0.4, -0.2) is 41.1 Å². The molecule has 0 bridgehead atoms. The van der Waals surface area contributed by atoms with E-state index < -0.39 is 30.0 Å². The summed E-state index contributed by atoms with van der Waals surface area (Å²) in [7, 11) is 0. The van der Waals surface area contributed by atoms with Gasteiger partial charge in [-0.3, -0.25) is 9.59 Å². The van der Waals surface area contributed by atoms with Gasteiger partial charge in [-0.2, -0.15) is 13.2 Å². The number of rotatable bonds is 7. The number of aliphatic carboxylic acids is 1. The molecule has 0 spiro atoms. The molecule has 7 heteroatoms. The lowest BCUT2D eigenvalue weighted by atomic mass is 9.79. The van der Waals surface area contributed by atoms with Crippen LogP contribution in [0.15, 0.2) is 0 Å². The highest BCUT2D eigenvalue weighted by molar-refractivity contribution is 5.78. The average Bonchev–Trinajstić information content (AvgIpc) is 2.74. The Morgan fingerprint density at radius 3 is 2.19 bits per heavy atom. The molecule has 1 fully saturated rings. The topological polar surface area (TPSA) is 57.6 Å². The van der Waals surface area contributed by atoms with Crippen molar-refractivity contribution < 1.29 is 27.9 Å². The molecule has 1 aliphatic carbocycles. The Morgan fingerprint density at radius 1 is 1.19 bits per heavy atom. The standard InChI is InChI=1S/C14H22F3NO3/c1-2-7-18(10-14(15,16)17)11(19)8-13(9-12(20)21)5-3-4-6-13/h2-10H2,1H3,(H,20,21). The first-order chi connectivity index (χ1) is 9.67. The van der Waals surface area contributed by atoms with Crippen LogP contribution in [0.4, 0.5) is 13.2 Å². The fraction of sp³-hybridized carbons (Fsp3) is 0.857. The Hall–Kier alpha value is -1.27. The Bertz CT molecular complexity index is 376. The lowest BCUT2D eigenvalue weighted by Crippen LogP contribution is -2.41. The van der Waals surface area contributed by atoms with E-state index in [1.165, 1.54) is 0 Å². The predicted molar refractivity (Wildman–Crippen MR) is 70.7 cm³/mol. The van der Waals surface area contributed by atoms with Crippen molar-refractivity contribution in [2.24, 2.45) is 5.41 Å². The number of halogens is 3. The van der Waals surface area contributed by atoms with Crippen molar-refractivity contribution in [2.45, 2.75) is 58.0 Å². The summed E-state index contributed by atoms with van der Waals surface area (Å²) in [5.41, 5.74) is -0.666. The van der Waals surface area contributed by atoms with E-state index in [1.54, 1.807) is 6.92 Å². The van der Waals surface area contributed by atoms with Crippen LogP contribution in [0, 0.1) is 5.41 Å². The zero-order chi connectivity index (χ0) is 16.1. The fourth-order valence-corrected chi connectivity index (χ4v) is 3.07. The monoisotopic (exact) mass is 309 g/mol. The summed E-state index contributed by atoms with van der Waals surface area (Å²) in [5.74, 6) is -1.58. The normalized spacial score (nSPS) is 17.7. The van der Waals surface area contributed by atoms with Gasteiger partial charge in [0.15, 0.2) is 0 Å². The van der Waals surface area contributed by atoms with Crippen molar-refractivity contribution in [3.8, 4) is 0 Å². The molecule has 0 unspecified atom stereocenters. The molecule has 0 radical (unpaired) electrons. The Balaban J connectivity index is 2.75. The van der Waals surface area contributed by atoms with E-state index in [1.807, 2.05) is 0 Å². The van der Waals surface area contributed by atoms with E-state index in [0.717, 1.165) is 17.7 Å². The molecule has 0 aromatic carbocycles. The van der Waals surface area contributed by atoms with Crippen LogP contribution in [0.25, 0.3) is 0 Å². The second-order valence-electron chi connectivity index (χ2n) is 5.88. The third-order valence-electron chi connectivity index (χ3n) is 3.93. The van der Waals surface area contributed by atoms with Crippen molar-refractivity contribution in [1.29, 1.82) is 0 Å². The van der Waals surface area contributed by atoms with Crippen molar-refractivity contribution >= 4 is 11.9 Å². The van der Waals surface area contributed by atoms with Gasteiger partial charge in [0, 0.05) is 13.0 Å². The van der Waals surface area contributed by atoms with Crippen molar-refractivity contribution in [2.75, 3.05) is 13.1 Å². The predicted octanol–water partition coefficient (Wildman–Crippen LogP) is 3.21. The maximum absolute atomic E-state index is 12.5. The van der Waals surface area contributed by atoms with Gasteiger partial charge in [0.25, 0.3) is 0 Å². The molecule has 0 aliphatic heterocycles. The van der Waals surface area contributed by atoms with E-state index in [9.17, 15) is 22.8 Å². The summed E-state index contributed by atoms with van der Waals surface area (Å²) in [4.78, 5) is 24.0. The van der Waals surface area contributed by atoms with Crippen LogP contribution in [0.5, 0.6) is 0 Å². The summed E-state index contributed by atoms with van der Waals surface area (Å²) >= 11 is 0. The van der Waals surface area contributed by atoms with Gasteiger partial charge < -0.3 is 10.0 Å². The largest absolute Gasteiger partial charge is 0.481 e. The zero-order valence-corrected chi connectivity index (χ0v) is 12.2. The molecule has 1 saturated carbocycles. The van der Waals surface area contributed by atoms with E-state index >= 15 is 0 Å². The molecule has 4 nitrogen and oxygen atoms in total. The highest BCUT2D eigenvalue weighted by Crippen LogP contribution is 2.44. The number of carboxylic acids is 1. The molecule has 0 aromatic rings. The van der Waals surface area contributed by atoms with Crippen molar-refractivity contribution in [3.63, 3.8) is 0 Å². The fourth-order valence-electron chi connectivity index (χ4n) is 3.07. The Morgan fingerprint density at radius 2 is 1.76 bits per heavy atom. The van der Waals surface area contributed by atoms with E-state index in [2.05, 4.69) is 0 Å². The minimum atomic E-state index is -4.43. The van der Waals surface area contributed by atoms with Crippen molar-refractivity contribution in [3.05, 3.63) is 0 Å². The van der Waals surface area contributed by atoms with Crippen LogP contribution >= 0.6 is 0 Å². The number of nitrogens with zero attached hydrogens (tertiary/aromatic N) is 1. The molecule has 1 amide bonds. The van der Waals surface area contributed by atoms with Gasteiger partial charge in [-0.1, -0.05) is 19.8 Å². The highest BCUT2D eigenvalue weighted by Gasteiger charge is 2.40. The van der Waals surface area contributed by atoms with Crippen LogP contribution in [0.2, 0.25) is 0 Å². The molecule has 0 atom stereocenters. The van der Waals surface area contributed by atoms with Gasteiger partial charge in [0.05, 0.1) is 6.42 Å². The first kappa shape index (κ1) is 17.8. The molecule has 1 N–H and O–H groups in total. The summed E-state index contributed by atoms with van der Waals surface area (Å²) in [5, 5.41) is 8.98. The minimum Gasteiger partial charge on any atom is -0.481 e. The lowest BCUT2D eigenvalue weighted by molar-refractivity contribution is -0.163. The van der Waals surface area contributed by atoms with E-state index in [0.29, 0.717) is 19.3 Å². The Labute approximate surface area is 122 Å². The SMILES string of the molecule is CCCN(CC(F)(F)F)C(=O)CC1(CC(=O)O)CCCC1. The highest BCUT2D eigenvalue weighted by atomic mass is 19.4. The molecule has 21 heavy (non-hydrogen) atoms. The molecule has 0 heterocycles. The summed E-state index contributed by atoms with van der Waals surface area (Å²) < 4.78 is 37.6. The first-order valence-electron chi connectivity index (χ1n) is 7.24. The molecule has 0 aromatic heterocycles. The average molecular weight is 309 g/mol. The van der Waals surface area contributed by atoms with Gasteiger partial charge in [-0.05, 0) is 24.7 Å². The second-order valence-corrected chi connectivity index (χ2v) is 5.88. The lowest BCUT2D eigenvalue weighted by Gasteiger charge is -2.31. The molecule has 0 saturated heterocycles. The zero-order valence-electron chi connectivity index (χ0n) is 12.2. The first-order valence-corrected chi connectivity index (χ1v) is 7.24. The smallest absolute Gasteiger partial charge is 0.406 e. The van der Waals surface area contributed by atoms with Gasteiger partial charge in [0.2, 0.25) is 5.91 Å². The van der Waals surface area contributed by atoms with Crippen molar-refractivity contribution in [1.82, 2.24) is 4.90 Å². The van der Waals surface area contributed by atoms with Crippen LogP contribution < -0.4 is 0 Å². The van der Waals surface area contributed by atoms with Crippen LogP contribution in [0.3, 0.4) is 0 Å². The van der Waals surface area contributed by atoms with E-state index in [-0.39, 0.29) is 19.4 Å². The van der Waals surface area contributed by atoms with Crippen LogP contribution in [0.1, 0.15) is 51.9 Å². The summed E-state index contributed by atoms with van der Waals surface area (Å²) in [6.45, 7) is 0.490. The molecule has 122 valence electrons. The molecule has 1 aliphatic rings. The quantitative estimate of drug-likeness (QED) is 0.785. The Kier molecular flexibility index (Phi) is 6.04. The molecular formula is C14H22F3NO3. The number of hydrogen-bond donors (Lipinski definition) is 1. The molecule has 1 rings (SSSR count). The van der Waals surface area contributed by atoms with Crippen LogP contribution in [-0.2, 0) is 9.59 Å². The van der Waals surface area contributed by atoms with Gasteiger partial charge >= 0.3 is 12.1 Å².